The molecule has 0 aromatic carbocycles. The Morgan fingerprint density at radius 1 is 1.25 bits per heavy atom. The quantitative estimate of drug-likeness (QED) is 0.372. The fourth-order valence-corrected chi connectivity index (χ4v) is 0. The molecule has 0 saturated carbocycles. The van der Waals surface area contributed by atoms with Gasteiger partial charge in [-0.2, -0.15) is 0 Å². The first-order valence-corrected chi connectivity index (χ1v) is 1.73. The van der Waals surface area contributed by atoms with Crippen molar-refractivity contribution in [3.05, 3.63) is 0 Å². The Bertz CT molecular complexity index is 6.00. The topological polar surface area (TPSA) is 52.0 Å². The van der Waals surface area contributed by atoms with Crippen LogP contribution in [0.5, 0.6) is 0 Å². The zero-order chi connectivity index (χ0) is 2.71. The Labute approximate surface area is 40.0 Å². The second kappa shape index (κ2) is 9.02. The van der Waals surface area contributed by atoms with E-state index in [1.165, 1.54) is 0 Å². The molecular formula is H5N2PRu. The van der Waals surface area contributed by atoms with Crippen LogP contribution in [0.2, 0.25) is 0 Å². The van der Waals surface area contributed by atoms with Crippen LogP contribution < -0.4 is 11.0 Å². The predicted molar refractivity (Wildman–Crippen MR) is 16.7 cm³/mol. The second-order valence-electron chi connectivity index (χ2n) is 0.167. The molecule has 2 nitrogen and oxygen atoms in total. The molecule has 0 rings (SSSR count). The van der Waals surface area contributed by atoms with Gasteiger partial charge in [-0.25, -0.2) is 0 Å². The molecule has 4 heteroatoms. The zero-order valence-corrected chi connectivity index (χ0v) is 4.75. The SMILES string of the molecule is NPN.[Ru]. The van der Waals surface area contributed by atoms with Gasteiger partial charge in [0, 0.05) is 28.4 Å². The average Bonchev–Trinajstić information content (AvgIpc) is 0.918. The number of rotatable bonds is 0. The number of hydrogen-bond donors (Lipinski definition) is 2. The van der Waals surface area contributed by atoms with E-state index in [-0.39, 0.29) is 28.4 Å². The van der Waals surface area contributed by atoms with Crippen LogP contribution in [0.4, 0.5) is 0 Å². The van der Waals surface area contributed by atoms with E-state index in [4.69, 9.17) is 0 Å². The minimum atomic E-state index is 0. The van der Waals surface area contributed by atoms with Gasteiger partial charge in [0.25, 0.3) is 0 Å². The van der Waals surface area contributed by atoms with Gasteiger partial charge < -0.3 is 11.0 Å². The Kier molecular flexibility index (Phi) is 20.0. The van der Waals surface area contributed by atoms with Gasteiger partial charge in [-0.15, -0.1) is 0 Å². The maximum Gasteiger partial charge on any atom is 0.0127 e. The Hall–Kier alpha value is 0.973. The van der Waals surface area contributed by atoms with Gasteiger partial charge in [0.2, 0.25) is 0 Å². The van der Waals surface area contributed by atoms with Crippen LogP contribution in [0.15, 0.2) is 0 Å². The molecule has 4 N–H and O–H groups in total. The number of hydrogen-bond acceptors (Lipinski definition) is 2. The molecular weight excluding hydrogens is 160 g/mol. The molecule has 0 atom stereocenters. The summed E-state index contributed by atoms with van der Waals surface area (Å²) in [6.45, 7) is 0. The van der Waals surface area contributed by atoms with Crippen LogP contribution in [0.1, 0.15) is 0 Å². The van der Waals surface area contributed by atoms with E-state index < -0.39 is 0 Å². The van der Waals surface area contributed by atoms with Crippen molar-refractivity contribution < 1.29 is 19.5 Å². The van der Waals surface area contributed by atoms with Crippen LogP contribution in [0.3, 0.4) is 0 Å². The van der Waals surface area contributed by atoms with Crippen LogP contribution in [-0.4, -0.2) is 0 Å². The third kappa shape index (κ3) is 12.2. The van der Waals surface area contributed by atoms with E-state index in [1.807, 2.05) is 0 Å². The Balaban J connectivity index is 0. The molecule has 0 aliphatic rings. The van der Waals surface area contributed by atoms with Crippen molar-refractivity contribution in [3.63, 3.8) is 0 Å². The number of nitrogens with two attached hydrogens (primary N) is 2. The molecule has 0 amide bonds. The van der Waals surface area contributed by atoms with Crippen LogP contribution >= 0.6 is 8.88 Å². The van der Waals surface area contributed by atoms with Gasteiger partial charge in [0.1, 0.15) is 0 Å². The molecule has 0 aliphatic heterocycles. The molecule has 0 radical (unpaired) electrons. The van der Waals surface area contributed by atoms with E-state index >= 15 is 0 Å². The van der Waals surface area contributed by atoms with E-state index in [2.05, 4.69) is 11.0 Å². The zero-order valence-electron chi connectivity index (χ0n) is 2.01. The second-order valence-corrected chi connectivity index (χ2v) is 0.500. The summed E-state index contributed by atoms with van der Waals surface area (Å²) in [7, 11) is 0.0833. The Morgan fingerprint density at radius 2 is 1.25 bits per heavy atom. The minimum Gasteiger partial charge on any atom is -0.300 e. The molecule has 0 aliphatic carbocycles. The summed E-state index contributed by atoms with van der Waals surface area (Å²) in [6.07, 6.45) is 0. The maximum atomic E-state index is 4.65. The van der Waals surface area contributed by atoms with Crippen molar-refractivity contribution in [3.8, 4) is 0 Å². The molecule has 0 aromatic rings. The van der Waals surface area contributed by atoms with Crippen molar-refractivity contribution in [2.45, 2.75) is 0 Å². The van der Waals surface area contributed by atoms with Crippen LogP contribution in [-0.2, 0) is 19.5 Å². The van der Waals surface area contributed by atoms with Gasteiger partial charge in [-0.1, -0.05) is 0 Å². The first-order valence-electron chi connectivity index (χ1n) is 0.577. The minimum absolute atomic E-state index is 0. The van der Waals surface area contributed by atoms with Crippen LogP contribution in [0, 0.1) is 0 Å². The predicted octanol–water partition coefficient (Wildman–Crippen LogP) is -0.590. The molecule has 0 fully saturated rings. The van der Waals surface area contributed by atoms with Crippen molar-refractivity contribution in [1.29, 1.82) is 0 Å². The standard InChI is InChI=1S/H5N2P.Ru/c1-3-2;/h3H,1-2H2;. The monoisotopic (exact) mass is 166 g/mol. The van der Waals surface area contributed by atoms with Gasteiger partial charge in [-0.3, -0.25) is 0 Å². The molecule has 0 bridgehead atoms. The normalized spacial score (nSPS) is 4.50. The third-order valence-corrected chi connectivity index (χ3v) is 0. The largest absolute Gasteiger partial charge is 0.300 e. The fraction of sp³-hybridized carbons (Fsp3) is 0. The molecule has 0 saturated heterocycles. The summed E-state index contributed by atoms with van der Waals surface area (Å²) in [6, 6.07) is 0. The molecule has 0 spiro atoms. The van der Waals surface area contributed by atoms with E-state index in [0.29, 0.717) is 0 Å². The van der Waals surface area contributed by atoms with Crippen molar-refractivity contribution >= 4 is 8.88 Å². The van der Waals surface area contributed by atoms with Gasteiger partial charge in [0.05, 0.1) is 0 Å². The fourth-order valence-electron chi connectivity index (χ4n) is 0. The first kappa shape index (κ1) is 8.88. The smallest absolute Gasteiger partial charge is 0.0127 e. The molecule has 0 heterocycles. The summed E-state index contributed by atoms with van der Waals surface area (Å²) in [4.78, 5) is 0. The summed E-state index contributed by atoms with van der Waals surface area (Å²) in [5.74, 6) is 0. The first-order chi connectivity index (χ1) is 1.41. The van der Waals surface area contributed by atoms with E-state index in [1.54, 1.807) is 0 Å². The van der Waals surface area contributed by atoms with Gasteiger partial charge in [-0.05, 0) is 0 Å². The maximum absolute atomic E-state index is 4.65. The Morgan fingerprint density at radius 3 is 1.25 bits per heavy atom. The summed E-state index contributed by atoms with van der Waals surface area (Å²) < 4.78 is 0. The van der Waals surface area contributed by atoms with E-state index in [0.717, 1.165) is 0 Å². The van der Waals surface area contributed by atoms with Crippen molar-refractivity contribution in [1.82, 2.24) is 0 Å². The third-order valence-electron chi connectivity index (χ3n) is 0. The molecule has 0 aromatic heterocycles. The molecule has 4 heavy (non-hydrogen) atoms. The summed E-state index contributed by atoms with van der Waals surface area (Å²) >= 11 is 0. The average molecular weight is 165 g/mol. The molecule has 0 unspecified atom stereocenters. The van der Waals surface area contributed by atoms with Gasteiger partial charge in [0.15, 0.2) is 0 Å². The summed E-state index contributed by atoms with van der Waals surface area (Å²) in [5.41, 5.74) is 9.31. The van der Waals surface area contributed by atoms with Crippen molar-refractivity contribution in [2.24, 2.45) is 11.0 Å². The van der Waals surface area contributed by atoms with Crippen LogP contribution in [0.25, 0.3) is 0 Å². The van der Waals surface area contributed by atoms with Gasteiger partial charge >= 0.3 is 0 Å². The summed E-state index contributed by atoms with van der Waals surface area (Å²) in [5, 5.41) is 0. The van der Waals surface area contributed by atoms with Crippen molar-refractivity contribution in [2.75, 3.05) is 0 Å². The van der Waals surface area contributed by atoms with E-state index in [9.17, 15) is 0 Å². The molecule has 28 valence electrons.